The maximum absolute atomic E-state index is 13.6. The van der Waals surface area contributed by atoms with Crippen molar-refractivity contribution in [3.05, 3.63) is 23.8 Å². The molecule has 0 aliphatic heterocycles. The van der Waals surface area contributed by atoms with Crippen LogP contribution >= 0.6 is 0 Å². The lowest BCUT2D eigenvalue weighted by Gasteiger charge is -2.21. The number of benzene rings is 1. The summed E-state index contributed by atoms with van der Waals surface area (Å²) in [5.74, 6) is -2.37. The van der Waals surface area contributed by atoms with E-state index >= 15 is 0 Å². The van der Waals surface area contributed by atoms with Crippen LogP contribution in [-0.4, -0.2) is 14.5 Å². The summed E-state index contributed by atoms with van der Waals surface area (Å²) in [6.45, 7) is 5.45. The van der Waals surface area contributed by atoms with Crippen molar-refractivity contribution in [1.29, 1.82) is 0 Å². The number of halogens is 2. The second-order valence-electron chi connectivity index (χ2n) is 4.69. The van der Waals surface area contributed by atoms with Gasteiger partial charge in [0.05, 0.1) is 0 Å². The normalized spacial score (nSPS) is 13.8. The number of nitrogens with two attached hydrogens (primary N) is 1. The average Bonchev–Trinajstić information content (AvgIpc) is 2.23. The molecular weight excluding hydrogens is 274 g/mol. The average molecular weight is 292 g/mol. The van der Waals surface area contributed by atoms with Gasteiger partial charge < -0.3 is 5.73 Å². The summed E-state index contributed by atoms with van der Waals surface area (Å²) in [7, 11) is -4.25. The molecule has 0 spiro atoms. The maximum Gasteiger partial charge on any atom is 0.246 e. The highest BCUT2D eigenvalue weighted by Gasteiger charge is 2.27. The quantitative estimate of drug-likeness (QED) is 0.818. The van der Waals surface area contributed by atoms with Crippen molar-refractivity contribution in [2.24, 2.45) is 5.92 Å². The van der Waals surface area contributed by atoms with Gasteiger partial charge in [-0.1, -0.05) is 20.8 Å². The molecule has 1 unspecified atom stereocenters. The fourth-order valence-corrected chi connectivity index (χ4v) is 3.37. The topological polar surface area (TPSA) is 72.2 Å². The van der Waals surface area contributed by atoms with E-state index < -0.39 is 26.6 Å². The van der Waals surface area contributed by atoms with E-state index in [1.54, 1.807) is 6.92 Å². The molecule has 1 atom stereocenters. The third kappa shape index (κ3) is 3.63. The molecule has 1 aromatic carbocycles. The third-order valence-corrected chi connectivity index (χ3v) is 4.38. The van der Waals surface area contributed by atoms with Crippen LogP contribution in [-0.2, 0) is 10.0 Å². The lowest BCUT2D eigenvalue weighted by atomic mass is 10.0. The summed E-state index contributed by atoms with van der Waals surface area (Å²) in [5.41, 5.74) is 5.09. The first-order chi connectivity index (χ1) is 8.69. The van der Waals surface area contributed by atoms with Crippen molar-refractivity contribution in [3.8, 4) is 0 Å². The molecule has 0 aromatic heterocycles. The largest absolute Gasteiger partial charge is 0.399 e. The van der Waals surface area contributed by atoms with Crippen molar-refractivity contribution in [1.82, 2.24) is 4.72 Å². The summed E-state index contributed by atoms with van der Waals surface area (Å²) < 4.78 is 53.6. The molecule has 0 radical (unpaired) electrons. The highest BCUT2D eigenvalue weighted by atomic mass is 32.2. The van der Waals surface area contributed by atoms with E-state index in [9.17, 15) is 17.2 Å². The SMILES string of the molecule is CCC(NS(=O)(=O)c1c(F)cc(N)cc1F)C(C)C. The molecule has 1 aromatic rings. The number of anilines is 1. The van der Waals surface area contributed by atoms with Gasteiger partial charge in [0, 0.05) is 11.7 Å². The summed E-state index contributed by atoms with van der Waals surface area (Å²) in [6.07, 6.45) is 0.523. The number of nitrogens with one attached hydrogen (secondary N) is 1. The second-order valence-corrected chi connectivity index (χ2v) is 6.34. The Balaban J connectivity index is 3.21. The molecule has 19 heavy (non-hydrogen) atoms. The van der Waals surface area contributed by atoms with Gasteiger partial charge in [-0.25, -0.2) is 21.9 Å². The second kappa shape index (κ2) is 5.83. The zero-order valence-electron chi connectivity index (χ0n) is 11.1. The van der Waals surface area contributed by atoms with E-state index in [-0.39, 0.29) is 17.6 Å². The minimum absolute atomic E-state index is 0.0136. The molecule has 1 rings (SSSR count). The van der Waals surface area contributed by atoms with E-state index in [1.807, 2.05) is 13.8 Å². The molecule has 4 nitrogen and oxygen atoms in total. The van der Waals surface area contributed by atoms with Crippen LogP contribution in [0.3, 0.4) is 0 Å². The van der Waals surface area contributed by atoms with Crippen LogP contribution in [0.25, 0.3) is 0 Å². The number of sulfonamides is 1. The van der Waals surface area contributed by atoms with Gasteiger partial charge >= 0.3 is 0 Å². The van der Waals surface area contributed by atoms with Gasteiger partial charge in [0.15, 0.2) is 4.90 Å². The Morgan fingerprint density at radius 3 is 2.11 bits per heavy atom. The molecule has 0 aliphatic rings. The standard InChI is InChI=1S/C12H18F2N2O2S/c1-4-11(7(2)3)16-19(17,18)12-9(13)5-8(15)6-10(12)14/h5-7,11,16H,4,15H2,1-3H3. The predicted molar refractivity (Wildman–Crippen MR) is 70.0 cm³/mol. The zero-order chi connectivity index (χ0) is 14.8. The van der Waals surface area contributed by atoms with Crippen LogP contribution in [0.5, 0.6) is 0 Å². The molecule has 0 aliphatic carbocycles. The Bertz CT molecular complexity index is 536. The van der Waals surface area contributed by atoms with Crippen molar-refractivity contribution < 1.29 is 17.2 Å². The Kier molecular flexibility index (Phi) is 4.86. The molecule has 7 heteroatoms. The molecule has 108 valence electrons. The molecule has 0 saturated carbocycles. The minimum atomic E-state index is -4.25. The monoisotopic (exact) mass is 292 g/mol. The number of hydrogen-bond donors (Lipinski definition) is 2. The smallest absolute Gasteiger partial charge is 0.246 e. The lowest BCUT2D eigenvalue weighted by Crippen LogP contribution is -2.38. The van der Waals surface area contributed by atoms with Gasteiger partial charge in [-0.15, -0.1) is 0 Å². The van der Waals surface area contributed by atoms with E-state index in [0.717, 1.165) is 12.1 Å². The highest BCUT2D eigenvalue weighted by Crippen LogP contribution is 2.22. The van der Waals surface area contributed by atoms with Crippen LogP contribution in [0.2, 0.25) is 0 Å². The van der Waals surface area contributed by atoms with Gasteiger partial charge in [-0.05, 0) is 24.5 Å². The van der Waals surface area contributed by atoms with Crippen molar-refractivity contribution in [3.63, 3.8) is 0 Å². The summed E-state index contributed by atoms with van der Waals surface area (Å²) >= 11 is 0. The first-order valence-corrected chi connectivity index (χ1v) is 7.44. The molecule has 0 amide bonds. The zero-order valence-corrected chi connectivity index (χ0v) is 11.9. The Morgan fingerprint density at radius 2 is 1.74 bits per heavy atom. The van der Waals surface area contributed by atoms with Crippen LogP contribution in [0.15, 0.2) is 17.0 Å². The first kappa shape index (κ1) is 15.8. The van der Waals surface area contributed by atoms with Crippen LogP contribution in [0.4, 0.5) is 14.5 Å². The predicted octanol–water partition coefficient (Wildman–Crippen LogP) is 2.26. The molecule has 0 heterocycles. The summed E-state index contributed by atoms with van der Waals surface area (Å²) in [6, 6.07) is 1.18. The fourth-order valence-electron chi connectivity index (χ4n) is 1.79. The number of rotatable bonds is 5. The van der Waals surface area contributed by atoms with Crippen LogP contribution in [0, 0.1) is 17.6 Å². The molecule has 0 bridgehead atoms. The van der Waals surface area contributed by atoms with E-state index in [1.165, 1.54) is 0 Å². The molecule has 0 saturated heterocycles. The molecule has 0 fully saturated rings. The van der Waals surface area contributed by atoms with E-state index in [0.29, 0.717) is 6.42 Å². The van der Waals surface area contributed by atoms with Crippen molar-refractivity contribution >= 4 is 15.7 Å². The number of hydrogen-bond acceptors (Lipinski definition) is 3. The third-order valence-electron chi connectivity index (χ3n) is 2.84. The Hall–Kier alpha value is -1.21. The van der Waals surface area contributed by atoms with Crippen LogP contribution < -0.4 is 10.5 Å². The summed E-state index contributed by atoms with van der Waals surface area (Å²) in [4.78, 5) is -0.985. The van der Waals surface area contributed by atoms with Gasteiger partial charge in [0.25, 0.3) is 0 Å². The van der Waals surface area contributed by atoms with Gasteiger partial charge in [-0.2, -0.15) is 0 Å². The molecule has 3 N–H and O–H groups in total. The van der Waals surface area contributed by atoms with Crippen LogP contribution in [0.1, 0.15) is 27.2 Å². The van der Waals surface area contributed by atoms with Gasteiger partial charge in [0.2, 0.25) is 10.0 Å². The van der Waals surface area contributed by atoms with Crippen molar-refractivity contribution in [2.45, 2.75) is 38.1 Å². The van der Waals surface area contributed by atoms with Gasteiger partial charge in [0.1, 0.15) is 11.6 Å². The first-order valence-electron chi connectivity index (χ1n) is 5.95. The maximum atomic E-state index is 13.6. The number of nitrogen functional groups attached to an aromatic ring is 1. The Labute approximate surface area is 112 Å². The van der Waals surface area contributed by atoms with E-state index in [4.69, 9.17) is 5.73 Å². The van der Waals surface area contributed by atoms with E-state index in [2.05, 4.69) is 4.72 Å². The highest BCUT2D eigenvalue weighted by molar-refractivity contribution is 7.89. The fraction of sp³-hybridized carbons (Fsp3) is 0.500. The van der Waals surface area contributed by atoms with Crippen molar-refractivity contribution in [2.75, 3.05) is 5.73 Å². The Morgan fingerprint density at radius 1 is 1.26 bits per heavy atom. The van der Waals surface area contributed by atoms with Gasteiger partial charge in [-0.3, -0.25) is 0 Å². The molecular formula is C12H18F2N2O2S. The summed E-state index contributed by atoms with van der Waals surface area (Å²) in [5, 5.41) is 0. The minimum Gasteiger partial charge on any atom is -0.399 e. The lowest BCUT2D eigenvalue weighted by molar-refractivity contribution is 0.432.